The van der Waals surface area contributed by atoms with Gasteiger partial charge in [-0.25, -0.2) is 0 Å². The lowest BCUT2D eigenvalue weighted by Crippen LogP contribution is -2.54. The van der Waals surface area contributed by atoms with Crippen LogP contribution in [0.1, 0.15) is 0 Å². The van der Waals surface area contributed by atoms with Crippen LogP contribution in [-0.4, -0.2) is 43.2 Å². The highest BCUT2D eigenvalue weighted by atomic mass is 19.4. The Labute approximate surface area is 67.5 Å². The van der Waals surface area contributed by atoms with Crippen molar-refractivity contribution >= 4 is 0 Å². The number of β-amino-alcohol motifs (C(OH)–C–C–N with tert-alkyl or cyclic N) is 1. The minimum atomic E-state index is -4.63. The normalized spacial score (nSPS) is 33.0. The molecule has 6 heteroatoms. The fourth-order valence-electron chi connectivity index (χ4n) is 0.914. The molecule has 0 aromatic heterocycles. The third-order valence-electron chi connectivity index (χ3n) is 1.71. The number of hydrogen-bond acceptors (Lipinski definition) is 3. The monoisotopic (exact) mass is 185 g/mol. The van der Waals surface area contributed by atoms with Gasteiger partial charge in [-0.2, -0.15) is 13.2 Å². The molecule has 1 atom stereocenters. The number of aliphatic hydroxyl groups is 1. The summed E-state index contributed by atoms with van der Waals surface area (Å²) in [6.45, 7) is -0.670. The van der Waals surface area contributed by atoms with Crippen molar-refractivity contribution in [2.24, 2.45) is 0 Å². The van der Waals surface area contributed by atoms with Gasteiger partial charge in [-0.15, -0.1) is 0 Å². The van der Waals surface area contributed by atoms with Crippen LogP contribution in [0.5, 0.6) is 0 Å². The molecule has 12 heavy (non-hydrogen) atoms. The maximum atomic E-state index is 12.1. The maximum Gasteiger partial charge on any atom is 0.420 e. The molecule has 0 aliphatic carbocycles. The topological polar surface area (TPSA) is 41.5 Å². The van der Waals surface area contributed by atoms with E-state index in [2.05, 4.69) is 10.1 Å². The van der Waals surface area contributed by atoms with Crippen LogP contribution in [0, 0.1) is 0 Å². The summed E-state index contributed by atoms with van der Waals surface area (Å²) in [4.78, 5) is 0. The first kappa shape index (κ1) is 9.76. The van der Waals surface area contributed by atoms with Gasteiger partial charge in [0.05, 0.1) is 13.2 Å². The van der Waals surface area contributed by atoms with Crippen LogP contribution < -0.4 is 5.32 Å². The fourth-order valence-corrected chi connectivity index (χ4v) is 0.914. The molecule has 0 amide bonds. The van der Waals surface area contributed by atoms with Gasteiger partial charge in [0, 0.05) is 13.1 Å². The minimum absolute atomic E-state index is 0.193. The number of rotatable bonds is 0. The van der Waals surface area contributed by atoms with Crippen molar-refractivity contribution < 1.29 is 23.0 Å². The second-order valence-corrected chi connectivity index (χ2v) is 2.76. The third-order valence-corrected chi connectivity index (χ3v) is 1.71. The first-order valence-electron chi connectivity index (χ1n) is 3.53. The molecule has 0 aromatic carbocycles. The van der Waals surface area contributed by atoms with Gasteiger partial charge in [0.2, 0.25) is 0 Å². The number of ether oxygens (including phenoxy) is 1. The zero-order chi connectivity index (χ0) is 9.24. The molecule has 0 radical (unpaired) electrons. The Kier molecular flexibility index (Phi) is 2.60. The van der Waals surface area contributed by atoms with Crippen LogP contribution in [0.25, 0.3) is 0 Å². The summed E-state index contributed by atoms with van der Waals surface area (Å²) in [5.41, 5.74) is -2.73. The molecule has 0 saturated carbocycles. The largest absolute Gasteiger partial charge is 0.420 e. The first-order valence-corrected chi connectivity index (χ1v) is 3.53. The fraction of sp³-hybridized carbons (Fsp3) is 1.00. The van der Waals surface area contributed by atoms with Crippen molar-refractivity contribution in [3.63, 3.8) is 0 Å². The van der Waals surface area contributed by atoms with E-state index in [1.807, 2.05) is 0 Å². The van der Waals surface area contributed by atoms with Crippen molar-refractivity contribution in [2.45, 2.75) is 11.8 Å². The standard InChI is InChI=1S/C6H10F3NO2/c7-6(8,9)5(11)3-10-1-2-12-4-5/h10-11H,1-4H2. The lowest BCUT2D eigenvalue weighted by Gasteiger charge is -2.27. The maximum absolute atomic E-state index is 12.1. The zero-order valence-electron chi connectivity index (χ0n) is 6.32. The molecule has 1 heterocycles. The molecule has 0 aromatic rings. The summed E-state index contributed by atoms with van der Waals surface area (Å²) in [5.74, 6) is 0. The molecule has 1 rings (SSSR count). The van der Waals surface area contributed by atoms with E-state index in [1.54, 1.807) is 0 Å². The average Bonchev–Trinajstić information content (AvgIpc) is 2.12. The average molecular weight is 185 g/mol. The van der Waals surface area contributed by atoms with Crippen LogP contribution in [0.3, 0.4) is 0 Å². The highest BCUT2D eigenvalue weighted by molar-refractivity contribution is 4.89. The molecule has 1 aliphatic heterocycles. The van der Waals surface area contributed by atoms with Gasteiger partial charge in [0.25, 0.3) is 0 Å². The summed E-state index contributed by atoms with van der Waals surface area (Å²) in [5, 5.41) is 11.5. The van der Waals surface area contributed by atoms with Crippen LogP contribution >= 0.6 is 0 Å². The molecule has 1 aliphatic rings. The SMILES string of the molecule is OC1(C(F)(F)F)CNCCOC1. The van der Waals surface area contributed by atoms with Gasteiger partial charge in [0.1, 0.15) is 0 Å². The predicted molar refractivity (Wildman–Crippen MR) is 34.7 cm³/mol. The van der Waals surface area contributed by atoms with Crippen LogP contribution in [-0.2, 0) is 4.74 Å². The Morgan fingerprint density at radius 1 is 1.42 bits per heavy atom. The van der Waals surface area contributed by atoms with Gasteiger partial charge < -0.3 is 15.2 Å². The summed E-state index contributed by atoms with van der Waals surface area (Å²) in [7, 11) is 0. The minimum Gasteiger partial charge on any atom is -0.378 e. The van der Waals surface area contributed by atoms with Gasteiger partial charge >= 0.3 is 6.18 Å². The van der Waals surface area contributed by atoms with Gasteiger partial charge in [-0.3, -0.25) is 0 Å². The van der Waals surface area contributed by atoms with Crippen LogP contribution in [0.4, 0.5) is 13.2 Å². The van der Waals surface area contributed by atoms with Gasteiger partial charge in [0.15, 0.2) is 5.60 Å². The van der Waals surface area contributed by atoms with Crippen LogP contribution in [0.2, 0.25) is 0 Å². The van der Waals surface area contributed by atoms with E-state index >= 15 is 0 Å². The molecule has 72 valence electrons. The summed E-state index contributed by atoms with van der Waals surface area (Å²) < 4.78 is 41.0. The second kappa shape index (κ2) is 3.20. The summed E-state index contributed by atoms with van der Waals surface area (Å²) >= 11 is 0. The van der Waals surface area contributed by atoms with Gasteiger partial charge in [-0.1, -0.05) is 0 Å². The third kappa shape index (κ3) is 1.88. The Balaban J connectivity index is 2.67. The van der Waals surface area contributed by atoms with E-state index in [9.17, 15) is 13.2 Å². The summed E-state index contributed by atoms with van der Waals surface area (Å²) in [6.07, 6.45) is -4.63. The molecule has 3 nitrogen and oxygen atoms in total. The molecule has 1 fully saturated rings. The number of hydrogen-bond donors (Lipinski definition) is 2. The zero-order valence-corrected chi connectivity index (χ0v) is 6.32. The number of halogens is 3. The molecular weight excluding hydrogens is 175 g/mol. The Hall–Kier alpha value is -0.330. The van der Waals surface area contributed by atoms with Gasteiger partial charge in [-0.05, 0) is 0 Å². The molecule has 0 spiro atoms. The Morgan fingerprint density at radius 2 is 2.08 bits per heavy atom. The predicted octanol–water partition coefficient (Wildman–Crippen LogP) is -0.100. The highest BCUT2D eigenvalue weighted by Crippen LogP contribution is 2.30. The van der Waals surface area contributed by atoms with Crippen LogP contribution in [0.15, 0.2) is 0 Å². The molecule has 1 unspecified atom stereocenters. The van der Waals surface area contributed by atoms with E-state index in [0.717, 1.165) is 0 Å². The molecular formula is C6H10F3NO2. The van der Waals surface area contributed by atoms with E-state index in [1.165, 1.54) is 0 Å². The molecule has 2 N–H and O–H groups in total. The van der Waals surface area contributed by atoms with E-state index in [0.29, 0.717) is 6.54 Å². The summed E-state index contributed by atoms with van der Waals surface area (Å²) in [6, 6.07) is 0. The highest BCUT2D eigenvalue weighted by Gasteiger charge is 2.54. The molecule has 0 bridgehead atoms. The Morgan fingerprint density at radius 3 is 2.67 bits per heavy atom. The van der Waals surface area contributed by atoms with Crippen molar-refractivity contribution in [1.29, 1.82) is 0 Å². The lowest BCUT2D eigenvalue weighted by atomic mass is 10.1. The quantitative estimate of drug-likeness (QED) is 0.553. The number of nitrogens with one attached hydrogen (secondary N) is 1. The molecule has 1 saturated heterocycles. The van der Waals surface area contributed by atoms with Crippen molar-refractivity contribution in [3.8, 4) is 0 Å². The number of alkyl halides is 3. The van der Waals surface area contributed by atoms with Crippen molar-refractivity contribution in [3.05, 3.63) is 0 Å². The second-order valence-electron chi connectivity index (χ2n) is 2.76. The van der Waals surface area contributed by atoms with E-state index in [-0.39, 0.29) is 6.61 Å². The van der Waals surface area contributed by atoms with E-state index in [4.69, 9.17) is 5.11 Å². The van der Waals surface area contributed by atoms with Crippen molar-refractivity contribution in [2.75, 3.05) is 26.3 Å². The lowest BCUT2D eigenvalue weighted by molar-refractivity contribution is -0.268. The Bertz CT molecular complexity index is 151. The first-order chi connectivity index (χ1) is 5.46. The smallest absolute Gasteiger partial charge is 0.378 e. The van der Waals surface area contributed by atoms with E-state index < -0.39 is 24.9 Å². The van der Waals surface area contributed by atoms with Crippen molar-refractivity contribution in [1.82, 2.24) is 5.32 Å².